The summed E-state index contributed by atoms with van der Waals surface area (Å²) in [5.41, 5.74) is 6.40. The smallest absolute Gasteiger partial charge is 0.274 e. The molecule has 0 fully saturated rings. The van der Waals surface area contributed by atoms with Gasteiger partial charge in [0.15, 0.2) is 5.82 Å². The molecule has 9 heteroatoms. The first-order valence-electron chi connectivity index (χ1n) is 9.70. The van der Waals surface area contributed by atoms with Crippen LogP contribution in [0.5, 0.6) is 0 Å². The van der Waals surface area contributed by atoms with E-state index in [1.54, 1.807) is 22.8 Å². The van der Waals surface area contributed by atoms with Gasteiger partial charge in [-0.05, 0) is 50.5 Å². The maximum atomic E-state index is 12.7. The molecule has 0 radical (unpaired) electrons. The van der Waals surface area contributed by atoms with E-state index in [4.69, 9.17) is 4.84 Å². The molecule has 30 heavy (non-hydrogen) atoms. The van der Waals surface area contributed by atoms with Crippen LogP contribution in [-0.2, 0) is 4.84 Å². The van der Waals surface area contributed by atoms with Crippen LogP contribution in [0.2, 0.25) is 0 Å². The van der Waals surface area contributed by atoms with Crippen LogP contribution in [-0.4, -0.2) is 39.6 Å². The Morgan fingerprint density at radius 3 is 2.70 bits per heavy atom. The van der Waals surface area contributed by atoms with Crippen molar-refractivity contribution in [3.63, 3.8) is 0 Å². The lowest BCUT2D eigenvalue weighted by molar-refractivity contribution is 0.0537. The number of hydrogen-bond donors (Lipinski definition) is 3. The molecular formula is C21H26N6O3. The first kappa shape index (κ1) is 21.3. The van der Waals surface area contributed by atoms with Gasteiger partial charge in [-0.3, -0.25) is 14.4 Å². The van der Waals surface area contributed by atoms with Crippen molar-refractivity contribution in [2.24, 2.45) is 0 Å². The van der Waals surface area contributed by atoms with Gasteiger partial charge in [0, 0.05) is 23.5 Å². The van der Waals surface area contributed by atoms with Crippen molar-refractivity contribution in [2.75, 3.05) is 12.4 Å². The number of nitrogens with zero attached hydrogens (tertiary/aromatic N) is 3. The van der Waals surface area contributed by atoms with Crippen molar-refractivity contribution in [3.05, 3.63) is 53.0 Å². The molecule has 1 atom stereocenters. The standard InChI is InChI=1S/C21H26N6O3/c1-6-13(3)24-21(29)16-10-27-18(14(16)4)19(22-11-23-27)25-17-9-15(8-7-12(17)2)20(28)26-30-5/h7-11,13H,6H2,1-5H3,(H,24,29)(H,26,28)(H,22,23,25)/t13-/m0/s1. The first-order valence-corrected chi connectivity index (χ1v) is 9.70. The van der Waals surface area contributed by atoms with E-state index in [-0.39, 0.29) is 17.9 Å². The second-order valence-corrected chi connectivity index (χ2v) is 7.14. The zero-order valence-electron chi connectivity index (χ0n) is 17.7. The minimum absolute atomic E-state index is 0.0761. The minimum Gasteiger partial charge on any atom is -0.350 e. The number of carbonyl (C=O) groups excluding carboxylic acids is 2. The number of amides is 2. The number of rotatable bonds is 7. The topological polar surface area (TPSA) is 110 Å². The molecule has 158 valence electrons. The van der Waals surface area contributed by atoms with E-state index in [1.165, 1.54) is 13.4 Å². The molecule has 2 heterocycles. The van der Waals surface area contributed by atoms with Crippen LogP contribution in [0.4, 0.5) is 11.5 Å². The molecule has 0 saturated carbocycles. The zero-order valence-corrected chi connectivity index (χ0v) is 17.7. The fourth-order valence-corrected chi connectivity index (χ4v) is 3.06. The fraction of sp³-hybridized carbons (Fsp3) is 0.333. The molecule has 0 bridgehead atoms. The normalized spacial score (nSPS) is 11.9. The molecular weight excluding hydrogens is 384 g/mol. The lowest BCUT2D eigenvalue weighted by Gasteiger charge is -2.12. The van der Waals surface area contributed by atoms with Crippen molar-refractivity contribution < 1.29 is 14.4 Å². The van der Waals surface area contributed by atoms with Gasteiger partial charge in [-0.1, -0.05) is 13.0 Å². The van der Waals surface area contributed by atoms with Crippen molar-refractivity contribution in [1.29, 1.82) is 0 Å². The number of fused-ring (bicyclic) bond motifs is 1. The van der Waals surface area contributed by atoms with Crippen LogP contribution in [0.25, 0.3) is 5.52 Å². The Kier molecular flexibility index (Phi) is 6.31. The van der Waals surface area contributed by atoms with Crippen LogP contribution < -0.4 is 16.1 Å². The molecule has 0 spiro atoms. The summed E-state index contributed by atoms with van der Waals surface area (Å²) in [7, 11) is 1.38. The van der Waals surface area contributed by atoms with Gasteiger partial charge < -0.3 is 10.6 Å². The number of aromatic nitrogens is 3. The SMILES string of the molecule is CC[C@H](C)NC(=O)c1cn2ncnc(Nc3cc(C(=O)NOC)ccc3C)c2c1C. The summed E-state index contributed by atoms with van der Waals surface area (Å²) in [6.07, 6.45) is 3.96. The summed E-state index contributed by atoms with van der Waals surface area (Å²) in [5, 5.41) is 10.5. The fourth-order valence-electron chi connectivity index (χ4n) is 3.06. The third-order valence-corrected chi connectivity index (χ3v) is 5.01. The van der Waals surface area contributed by atoms with Crippen molar-refractivity contribution in [2.45, 2.75) is 40.2 Å². The predicted octanol–water partition coefficient (Wildman–Crippen LogP) is 2.91. The summed E-state index contributed by atoms with van der Waals surface area (Å²) in [5.74, 6) is 0.0430. The molecule has 1 aromatic carbocycles. The van der Waals surface area contributed by atoms with E-state index in [0.717, 1.165) is 17.5 Å². The number of anilines is 2. The monoisotopic (exact) mass is 410 g/mol. The van der Waals surface area contributed by atoms with E-state index >= 15 is 0 Å². The van der Waals surface area contributed by atoms with Gasteiger partial charge in [-0.25, -0.2) is 15.0 Å². The van der Waals surface area contributed by atoms with Gasteiger partial charge in [-0.15, -0.1) is 0 Å². The Bertz CT molecular complexity index is 1090. The highest BCUT2D eigenvalue weighted by atomic mass is 16.6. The number of hydrogen-bond acceptors (Lipinski definition) is 6. The summed E-state index contributed by atoms with van der Waals surface area (Å²) < 4.78 is 1.63. The van der Waals surface area contributed by atoms with E-state index < -0.39 is 0 Å². The molecule has 3 N–H and O–H groups in total. The molecule has 2 aromatic heterocycles. The lowest BCUT2D eigenvalue weighted by atomic mass is 10.1. The molecule has 0 aliphatic carbocycles. The maximum absolute atomic E-state index is 12.7. The third kappa shape index (κ3) is 4.25. The molecule has 9 nitrogen and oxygen atoms in total. The highest BCUT2D eigenvalue weighted by molar-refractivity contribution is 5.99. The van der Waals surface area contributed by atoms with E-state index in [9.17, 15) is 9.59 Å². The van der Waals surface area contributed by atoms with Crippen LogP contribution in [0.3, 0.4) is 0 Å². The summed E-state index contributed by atoms with van der Waals surface area (Å²) in [4.78, 5) is 33.8. The minimum atomic E-state index is -0.351. The predicted molar refractivity (Wildman–Crippen MR) is 114 cm³/mol. The van der Waals surface area contributed by atoms with Crippen LogP contribution >= 0.6 is 0 Å². The molecule has 0 saturated heterocycles. The Hall–Kier alpha value is -3.46. The molecule has 0 unspecified atom stereocenters. The van der Waals surface area contributed by atoms with Crippen molar-refractivity contribution >= 4 is 28.8 Å². The summed E-state index contributed by atoms with van der Waals surface area (Å²) >= 11 is 0. The Balaban J connectivity index is 1.99. The van der Waals surface area contributed by atoms with E-state index in [2.05, 4.69) is 26.2 Å². The number of nitrogens with one attached hydrogen (secondary N) is 3. The largest absolute Gasteiger partial charge is 0.350 e. The van der Waals surface area contributed by atoms with Gasteiger partial charge in [0.2, 0.25) is 0 Å². The Labute approximate surface area is 174 Å². The van der Waals surface area contributed by atoms with Crippen molar-refractivity contribution in [3.8, 4) is 0 Å². The first-order chi connectivity index (χ1) is 14.3. The van der Waals surface area contributed by atoms with Gasteiger partial charge in [0.25, 0.3) is 11.8 Å². The Morgan fingerprint density at radius 2 is 2.00 bits per heavy atom. The summed E-state index contributed by atoms with van der Waals surface area (Å²) in [6, 6.07) is 5.34. The average molecular weight is 410 g/mol. The molecule has 0 aliphatic heterocycles. The molecule has 3 aromatic rings. The van der Waals surface area contributed by atoms with Gasteiger partial charge in [0.05, 0.1) is 12.7 Å². The highest BCUT2D eigenvalue weighted by Gasteiger charge is 2.19. The van der Waals surface area contributed by atoms with Crippen LogP contribution in [0.15, 0.2) is 30.7 Å². The number of hydroxylamine groups is 1. The molecule has 3 rings (SSSR count). The van der Waals surface area contributed by atoms with Gasteiger partial charge in [-0.2, -0.15) is 5.10 Å². The lowest BCUT2D eigenvalue weighted by Crippen LogP contribution is -2.32. The van der Waals surface area contributed by atoms with Crippen LogP contribution in [0, 0.1) is 13.8 Å². The number of benzene rings is 1. The maximum Gasteiger partial charge on any atom is 0.274 e. The van der Waals surface area contributed by atoms with Crippen LogP contribution in [0.1, 0.15) is 52.1 Å². The quantitative estimate of drug-likeness (QED) is 0.517. The number of aryl methyl sites for hydroxylation is 2. The van der Waals surface area contributed by atoms with Gasteiger partial charge in [0.1, 0.15) is 11.8 Å². The second kappa shape index (κ2) is 8.91. The second-order valence-electron chi connectivity index (χ2n) is 7.14. The van der Waals surface area contributed by atoms with E-state index in [0.29, 0.717) is 28.1 Å². The van der Waals surface area contributed by atoms with Crippen molar-refractivity contribution in [1.82, 2.24) is 25.4 Å². The summed E-state index contributed by atoms with van der Waals surface area (Å²) in [6.45, 7) is 7.77. The average Bonchev–Trinajstić information content (AvgIpc) is 3.07. The highest BCUT2D eigenvalue weighted by Crippen LogP contribution is 2.27. The van der Waals surface area contributed by atoms with Gasteiger partial charge >= 0.3 is 0 Å². The Morgan fingerprint density at radius 1 is 1.23 bits per heavy atom. The molecule has 0 aliphatic rings. The number of carbonyl (C=O) groups is 2. The zero-order chi connectivity index (χ0) is 21.8. The third-order valence-electron chi connectivity index (χ3n) is 5.01. The van der Waals surface area contributed by atoms with E-state index in [1.807, 2.05) is 33.8 Å². The molecule has 2 amide bonds.